The molecule has 274 valence electrons. The highest BCUT2D eigenvalue weighted by Crippen LogP contribution is 2.52. The first-order chi connectivity index (χ1) is 25.9. The average Bonchev–Trinajstić information content (AvgIpc) is 3.92. The molecule has 0 bridgehead atoms. The van der Waals surface area contributed by atoms with E-state index in [1.165, 1.54) is 9.80 Å². The predicted molar refractivity (Wildman–Crippen MR) is 214 cm³/mol. The molecular weight excluding hydrogens is 661 g/mol. The number of unbranched alkanes of at least 4 members (excludes halogenated alkanes) is 7. The molecule has 0 atom stereocenters. The standard InChI is InChI=1S/C45H50N4O4/c1-3-5-7-9-11-25-49-43(51)31-19-17-29-38-34(46-20-12-13-21-46)26-32-36-30(42(50)48(44(32)52)24-10-8-6-4-2)18-16-28(40(36)38)39-35(47-22-14-15-23-47)27-33(45(49)53)37(31)41(29)39/h16-19,26-27H,3-15,20-25H2,1-2H3. The molecule has 0 spiro atoms. The molecule has 4 aliphatic rings. The number of benzene rings is 5. The average molecular weight is 711 g/mol. The van der Waals surface area contributed by atoms with Crippen LogP contribution < -0.4 is 9.80 Å². The largest absolute Gasteiger partial charge is 0.371 e. The zero-order valence-electron chi connectivity index (χ0n) is 31.3. The second kappa shape index (κ2) is 13.6. The molecule has 5 aromatic rings. The minimum Gasteiger partial charge on any atom is -0.371 e. The highest BCUT2D eigenvalue weighted by atomic mass is 16.2. The predicted octanol–water partition coefficient (Wildman–Crippen LogP) is 9.68. The number of nitrogens with zero attached hydrogens (tertiary/aromatic N) is 4. The first kappa shape index (κ1) is 34.1. The molecule has 0 N–H and O–H groups in total. The van der Waals surface area contributed by atoms with Gasteiger partial charge < -0.3 is 9.80 Å². The Balaban J connectivity index is 1.32. The van der Waals surface area contributed by atoms with Crippen LogP contribution in [0.3, 0.4) is 0 Å². The summed E-state index contributed by atoms with van der Waals surface area (Å²) in [5.74, 6) is -0.833. The van der Waals surface area contributed by atoms with Gasteiger partial charge in [0, 0.05) is 94.1 Å². The Kier molecular flexibility index (Phi) is 8.75. The van der Waals surface area contributed by atoms with Gasteiger partial charge in [0.2, 0.25) is 0 Å². The van der Waals surface area contributed by atoms with Gasteiger partial charge in [-0.05, 0) is 73.6 Å². The summed E-state index contributed by atoms with van der Waals surface area (Å²) in [6.45, 7) is 8.75. The molecule has 2 saturated heterocycles. The lowest BCUT2D eigenvalue weighted by Crippen LogP contribution is -2.41. The van der Waals surface area contributed by atoms with Crippen molar-refractivity contribution in [2.24, 2.45) is 0 Å². The lowest BCUT2D eigenvalue weighted by Gasteiger charge is -2.33. The topological polar surface area (TPSA) is 81.2 Å². The number of carbonyl (C=O) groups is 4. The molecule has 2 fully saturated rings. The number of amides is 4. The van der Waals surface area contributed by atoms with Crippen LogP contribution in [0.5, 0.6) is 0 Å². The highest BCUT2D eigenvalue weighted by Gasteiger charge is 2.39. The quantitative estimate of drug-likeness (QED) is 0.0524. The second-order valence-corrected chi connectivity index (χ2v) is 15.8. The summed E-state index contributed by atoms with van der Waals surface area (Å²) in [4.78, 5) is 65.2. The van der Waals surface area contributed by atoms with Crippen LogP contribution in [0.25, 0.3) is 43.1 Å². The third-order valence-corrected chi connectivity index (χ3v) is 12.6. The summed E-state index contributed by atoms with van der Waals surface area (Å²) < 4.78 is 0. The molecule has 0 radical (unpaired) electrons. The molecule has 4 amide bonds. The molecule has 4 heterocycles. The van der Waals surface area contributed by atoms with Crippen LogP contribution in [0.2, 0.25) is 0 Å². The van der Waals surface area contributed by atoms with Gasteiger partial charge in [-0.15, -0.1) is 0 Å². The molecule has 0 aliphatic carbocycles. The molecule has 4 aliphatic heterocycles. The van der Waals surface area contributed by atoms with Gasteiger partial charge in [-0.25, -0.2) is 0 Å². The van der Waals surface area contributed by atoms with Crippen molar-refractivity contribution < 1.29 is 19.2 Å². The summed E-state index contributed by atoms with van der Waals surface area (Å²) >= 11 is 0. The van der Waals surface area contributed by atoms with E-state index >= 15 is 0 Å². The van der Waals surface area contributed by atoms with Gasteiger partial charge in [0.1, 0.15) is 0 Å². The van der Waals surface area contributed by atoms with Crippen molar-refractivity contribution in [1.82, 2.24) is 9.80 Å². The van der Waals surface area contributed by atoms with Crippen molar-refractivity contribution in [1.29, 1.82) is 0 Å². The van der Waals surface area contributed by atoms with Crippen LogP contribution in [0.15, 0.2) is 36.4 Å². The van der Waals surface area contributed by atoms with E-state index in [9.17, 15) is 19.2 Å². The number of carbonyl (C=O) groups excluding carboxylic acids is 4. The van der Waals surface area contributed by atoms with E-state index in [2.05, 4.69) is 47.9 Å². The van der Waals surface area contributed by atoms with Crippen molar-refractivity contribution in [3.63, 3.8) is 0 Å². The Hall–Kier alpha value is -4.72. The van der Waals surface area contributed by atoms with E-state index in [0.29, 0.717) is 35.3 Å². The number of hydrogen-bond acceptors (Lipinski definition) is 6. The summed E-state index contributed by atoms with van der Waals surface area (Å²) in [5.41, 5.74) is 4.40. The van der Waals surface area contributed by atoms with E-state index in [1.807, 2.05) is 12.1 Å². The van der Waals surface area contributed by atoms with Crippen molar-refractivity contribution >= 4 is 78.1 Å². The molecule has 9 rings (SSSR count). The first-order valence-electron chi connectivity index (χ1n) is 20.4. The van der Waals surface area contributed by atoms with Gasteiger partial charge in [0.25, 0.3) is 23.6 Å². The fraction of sp³-hybridized carbons (Fsp3) is 0.467. The Morgan fingerprint density at radius 1 is 0.434 bits per heavy atom. The molecular formula is C45H50N4O4. The summed E-state index contributed by atoms with van der Waals surface area (Å²) in [6, 6.07) is 12.2. The zero-order valence-corrected chi connectivity index (χ0v) is 31.3. The van der Waals surface area contributed by atoms with Crippen molar-refractivity contribution in [2.75, 3.05) is 49.1 Å². The second-order valence-electron chi connectivity index (χ2n) is 15.8. The van der Waals surface area contributed by atoms with Gasteiger partial charge >= 0.3 is 0 Å². The molecule has 0 saturated carbocycles. The minimum absolute atomic E-state index is 0.201. The van der Waals surface area contributed by atoms with Crippen molar-refractivity contribution in [2.45, 2.75) is 97.3 Å². The van der Waals surface area contributed by atoms with E-state index in [1.54, 1.807) is 0 Å². The minimum atomic E-state index is -0.216. The Labute approximate surface area is 311 Å². The Bertz CT molecular complexity index is 2320. The maximum atomic E-state index is 14.5. The molecule has 8 nitrogen and oxygen atoms in total. The zero-order chi connectivity index (χ0) is 36.4. The fourth-order valence-electron chi connectivity index (χ4n) is 9.92. The van der Waals surface area contributed by atoms with Crippen LogP contribution in [0, 0.1) is 0 Å². The number of rotatable bonds is 13. The lowest BCUT2D eigenvalue weighted by atomic mass is 9.80. The van der Waals surface area contributed by atoms with Gasteiger partial charge in [0.05, 0.1) is 11.1 Å². The van der Waals surface area contributed by atoms with Gasteiger partial charge in [-0.3, -0.25) is 29.0 Å². The molecule has 0 unspecified atom stereocenters. The van der Waals surface area contributed by atoms with Crippen molar-refractivity contribution in [3.05, 3.63) is 58.7 Å². The third-order valence-electron chi connectivity index (χ3n) is 12.6. The number of imide groups is 2. The summed E-state index contributed by atoms with van der Waals surface area (Å²) in [7, 11) is 0. The van der Waals surface area contributed by atoms with Gasteiger partial charge in [-0.1, -0.05) is 70.9 Å². The SMILES string of the molecule is CCCCCCCN1C(=O)c2ccc3c4c(N5CCCC5)cc5c6c(ccc(c7c(N8CCCC8)cc(c2c37)C1=O)c64)C(=O)N(CCCCCC)C5=O. The smallest absolute Gasteiger partial charge is 0.261 e. The maximum Gasteiger partial charge on any atom is 0.261 e. The highest BCUT2D eigenvalue weighted by molar-refractivity contribution is 6.44. The van der Waals surface area contributed by atoms with Gasteiger partial charge in [0.15, 0.2) is 0 Å². The summed E-state index contributed by atoms with van der Waals surface area (Å²) in [6.07, 6.45) is 13.4. The summed E-state index contributed by atoms with van der Waals surface area (Å²) in [5, 5.41) is 7.38. The maximum absolute atomic E-state index is 14.5. The molecule has 8 heteroatoms. The third kappa shape index (κ3) is 5.22. The number of hydrogen-bond donors (Lipinski definition) is 0. The van der Waals surface area contributed by atoms with E-state index in [-0.39, 0.29) is 23.6 Å². The van der Waals surface area contributed by atoms with E-state index in [0.717, 1.165) is 164 Å². The molecule has 5 aromatic carbocycles. The fourth-order valence-corrected chi connectivity index (χ4v) is 9.92. The van der Waals surface area contributed by atoms with Crippen LogP contribution in [-0.4, -0.2) is 72.7 Å². The van der Waals surface area contributed by atoms with E-state index < -0.39 is 0 Å². The van der Waals surface area contributed by atoms with Gasteiger partial charge in [-0.2, -0.15) is 0 Å². The lowest BCUT2D eigenvalue weighted by molar-refractivity contribution is 0.0592. The van der Waals surface area contributed by atoms with Crippen LogP contribution in [0.1, 0.15) is 139 Å². The molecule has 0 aromatic heterocycles. The molecule has 53 heavy (non-hydrogen) atoms. The monoisotopic (exact) mass is 710 g/mol. The Morgan fingerprint density at radius 3 is 1.23 bits per heavy atom. The number of fused-ring (bicyclic) bond motifs is 2. The normalized spacial score (nSPS) is 17.5. The first-order valence-corrected chi connectivity index (χ1v) is 20.4. The van der Waals surface area contributed by atoms with Crippen LogP contribution in [-0.2, 0) is 0 Å². The van der Waals surface area contributed by atoms with Crippen LogP contribution in [0.4, 0.5) is 11.4 Å². The number of anilines is 2. The van der Waals surface area contributed by atoms with Crippen molar-refractivity contribution in [3.8, 4) is 0 Å². The Morgan fingerprint density at radius 2 is 0.811 bits per heavy atom. The van der Waals surface area contributed by atoms with Crippen LogP contribution >= 0.6 is 0 Å². The van der Waals surface area contributed by atoms with E-state index in [4.69, 9.17) is 0 Å².